The lowest BCUT2D eigenvalue weighted by Gasteiger charge is -2.38. The monoisotopic (exact) mass is 337 g/mol. The van der Waals surface area contributed by atoms with Crippen LogP contribution < -0.4 is 5.32 Å². The average molecular weight is 337 g/mol. The Hall–Kier alpha value is -2.17. The number of likely N-dealkylation sites (N-methyl/N-ethyl adjacent to an activating group) is 1. The van der Waals surface area contributed by atoms with Crippen molar-refractivity contribution in [3.63, 3.8) is 0 Å². The Labute approximate surface area is 150 Å². The van der Waals surface area contributed by atoms with Crippen LogP contribution in [0.2, 0.25) is 0 Å². The molecule has 1 aliphatic heterocycles. The molecule has 1 saturated heterocycles. The number of anilines is 1. The predicted molar refractivity (Wildman–Crippen MR) is 103 cm³/mol. The first-order chi connectivity index (χ1) is 12.2. The summed E-state index contributed by atoms with van der Waals surface area (Å²) in [5.74, 6) is 0.0417. The molecular weight excluding hydrogens is 310 g/mol. The van der Waals surface area contributed by atoms with Crippen molar-refractivity contribution in [1.29, 1.82) is 0 Å². The van der Waals surface area contributed by atoms with Gasteiger partial charge < -0.3 is 10.2 Å². The standard InChI is InChI=1S/C21H27N3O/c1-3-23-13-15-24(16-14-23)20(18-7-5-4-6-8-18)21(25)22-19-11-9-17(2)10-12-19/h4-12,20H,3,13-16H2,1-2H3,(H,22,25). The van der Waals surface area contributed by atoms with E-state index >= 15 is 0 Å². The number of aryl methyl sites for hydroxylation is 1. The van der Waals surface area contributed by atoms with Crippen LogP contribution in [0.3, 0.4) is 0 Å². The number of hydrogen-bond acceptors (Lipinski definition) is 3. The maximum atomic E-state index is 13.1. The first kappa shape index (κ1) is 17.6. The molecule has 4 heteroatoms. The molecule has 132 valence electrons. The van der Waals surface area contributed by atoms with Gasteiger partial charge in [0.1, 0.15) is 6.04 Å². The lowest BCUT2D eigenvalue weighted by atomic mass is 10.0. The highest BCUT2D eigenvalue weighted by molar-refractivity contribution is 5.95. The summed E-state index contributed by atoms with van der Waals surface area (Å²) in [4.78, 5) is 17.8. The molecule has 2 aromatic rings. The Bertz CT molecular complexity index is 676. The van der Waals surface area contributed by atoms with Crippen LogP contribution in [0.1, 0.15) is 24.1 Å². The molecule has 0 aromatic heterocycles. The fourth-order valence-corrected chi connectivity index (χ4v) is 3.35. The molecule has 0 aliphatic carbocycles. The van der Waals surface area contributed by atoms with Crippen LogP contribution in [0, 0.1) is 6.92 Å². The minimum atomic E-state index is -0.249. The molecule has 1 aliphatic rings. The van der Waals surface area contributed by atoms with Crippen LogP contribution in [-0.4, -0.2) is 48.4 Å². The molecule has 0 saturated carbocycles. The van der Waals surface area contributed by atoms with Crippen LogP contribution in [0.4, 0.5) is 5.69 Å². The molecule has 1 atom stereocenters. The van der Waals surface area contributed by atoms with Crippen molar-refractivity contribution in [2.45, 2.75) is 19.9 Å². The summed E-state index contributed by atoms with van der Waals surface area (Å²) in [6, 6.07) is 17.8. The van der Waals surface area contributed by atoms with Gasteiger partial charge in [-0.15, -0.1) is 0 Å². The van der Waals surface area contributed by atoms with Gasteiger partial charge in [0.25, 0.3) is 0 Å². The maximum Gasteiger partial charge on any atom is 0.246 e. The average Bonchev–Trinajstić information content (AvgIpc) is 2.65. The van der Waals surface area contributed by atoms with Crippen molar-refractivity contribution >= 4 is 11.6 Å². The van der Waals surface area contributed by atoms with Crippen molar-refractivity contribution in [3.8, 4) is 0 Å². The third-order valence-electron chi connectivity index (χ3n) is 4.90. The van der Waals surface area contributed by atoms with E-state index in [1.807, 2.05) is 61.5 Å². The Morgan fingerprint density at radius 1 is 1.00 bits per heavy atom. The summed E-state index contributed by atoms with van der Waals surface area (Å²) in [6.07, 6.45) is 0. The Balaban J connectivity index is 1.78. The van der Waals surface area contributed by atoms with Crippen LogP contribution >= 0.6 is 0 Å². The number of carbonyl (C=O) groups excluding carboxylic acids is 1. The minimum absolute atomic E-state index is 0.0417. The third-order valence-corrected chi connectivity index (χ3v) is 4.90. The fourth-order valence-electron chi connectivity index (χ4n) is 3.35. The third kappa shape index (κ3) is 4.47. The highest BCUT2D eigenvalue weighted by Crippen LogP contribution is 2.24. The molecule has 1 N–H and O–H groups in total. The molecule has 25 heavy (non-hydrogen) atoms. The van der Waals surface area contributed by atoms with E-state index in [2.05, 4.69) is 22.0 Å². The lowest BCUT2D eigenvalue weighted by Crippen LogP contribution is -2.49. The zero-order chi connectivity index (χ0) is 17.6. The van der Waals surface area contributed by atoms with Crippen molar-refractivity contribution in [3.05, 3.63) is 65.7 Å². The summed E-state index contributed by atoms with van der Waals surface area (Å²) in [5, 5.41) is 3.10. The normalized spacial score (nSPS) is 17.2. The highest BCUT2D eigenvalue weighted by atomic mass is 16.2. The summed E-state index contributed by atoms with van der Waals surface area (Å²) in [7, 11) is 0. The van der Waals surface area contributed by atoms with Crippen LogP contribution in [0.15, 0.2) is 54.6 Å². The van der Waals surface area contributed by atoms with Crippen LogP contribution in [0.5, 0.6) is 0 Å². The quantitative estimate of drug-likeness (QED) is 0.909. The molecule has 1 heterocycles. The zero-order valence-electron chi connectivity index (χ0n) is 15.1. The van der Waals surface area contributed by atoms with E-state index in [0.717, 1.165) is 44.0 Å². The highest BCUT2D eigenvalue weighted by Gasteiger charge is 2.30. The molecular formula is C21H27N3O. The van der Waals surface area contributed by atoms with Gasteiger partial charge in [-0.3, -0.25) is 9.69 Å². The Morgan fingerprint density at radius 3 is 2.24 bits per heavy atom. The second kappa shape index (κ2) is 8.28. The van der Waals surface area contributed by atoms with Gasteiger partial charge in [-0.1, -0.05) is 55.0 Å². The van der Waals surface area contributed by atoms with E-state index in [9.17, 15) is 4.79 Å². The lowest BCUT2D eigenvalue weighted by molar-refractivity contribution is -0.122. The number of rotatable bonds is 5. The van der Waals surface area contributed by atoms with Gasteiger partial charge in [0.05, 0.1) is 0 Å². The van der Waals surface area contributed by atoms with E-state index in [1.165, 1.54) is 5.56 Å². The molecule has 2 aromatic carbocycles. The van der Waals surface area contributed by atoms with E-state index in [1.54, 1.807) is 0 Å². The minimum Gasteiger partial charge on any atom is -0.324 e. The second-order valence-electron chi connectivity index (χ2n) is 6.64. The van der Waals surface area contributed by atoms with Crippen LogP contribution in [0.25, 0.3) is 0 Å². The number of nitrogens with zero attached hydrogens (tertiary/aromatic N) is 2. The number of amides is 1. The van der Waals surface area contributed by atoms with Crippen molar-refractivity contribution in [1.82, 2.24) is 9.80 Å². The van der Waals surface area contributed by atoms with Gasteiger partial charge in [0, 0.05) is 31.9 Å². The first-order valence-corrected chi connectivity index (χ1v) is 9.06. The topological polar surface area (TPSA) is 35.6 Å². The summed E-state index contributed by atoms with van der Waals surface area (Å²) >= 11 is 0. The van der Waals surface area contributed by atoms with Gasteiger partial charge in [-0.2, -0.15) is 0 Å². The van der Waals surface area contributed by atoms with Crippen molar-refractivity contribution < 1.29 is 4.79 Å². The molecule has 3 rings (SSSR count). The summed E-state index contributed by atoms with van der Waals surface area (Å²) in [6.45, 7) is 9.15. The molecule has 0 bridgehead atoms. The largest absolute Gasteiger partial charge is 0.324 e. The number of carbonyl (C=O) groups is 1. The van der Waals surface area contributed by atoms with Gasteiger partial charge in [-0.05, 0) is 31.2 Å². The zero-order valence-corrected chi connectivity index (χ0v) is 15.1. The Kier molecular flexibility index (Phi) is 5.84. The smallest absolute Gasteiger partial charge is 0.246 e. The van der Waals surface area contributed by atoms with E-state index in [4.69, 9.17) is 0 Å². The number of piperazine rings is 1. The SMILES string of the molecule is CCN1CCN(C(C(=O)Nc2ccc(C)cc2)c2ccccc2)CC1. The maximum absolute atomic E-state index is 13.1. The van der Waals surface area contributed by atoms with E-state index in [0.29, 0.717) is 0 Å². The first-order valence-electron chi connectivity index (χ1n) is 9.06. The van der Waals surface area contributed by atoms with Crippen molar-refractivity contribution in [2.24, 2.45) is 0 Å². The molecule has 0 spiro atoms. The summed E-state index contributed by atoms with van der Waals surface area (Å²) in [5.41, 5.74) is 3.09. The van der Waals surface area contributed by atoms with Gasteiger partial charge in [0.15, 0.2) is 0 Å². The fraction of sp³-hybridized carbons (Fsp3) is 0.381. The molecule has 1 unspecified atom stereocenters. The second-order valence-corrected chi connectivity index (χ2v) is 6.64. The van der Waals surface area contributed by atoms with Gasteiger partial charge >= 0.3 is 0 Å². The molecule has 1 amide bonds. The van der Waals surface area contributed by atoms with Crippen molar-refractivity contribution in [2.75, 3.05) is 38.0 Å². The molecule has 1 fully saturated rings. The van der Waals surface area contributed by atoms with E-state index in [-0.39, 0.29) is 11.9 Å². The van der Waals surface area contributed by atoms with Gasteiger partial charge in [0.2, 0.25) is 5.91 Å². The molecule has 0 radical (unpaired) electrons. The van der Waals surface area contributed by atoms with E-state index < -0.39 is 0 Å². The number of nitrogens with one attached hydrogen (secondary N) is 1. The predicted octanol–water partition coefficient (Wildman–Crippen LogP) is 3.31. The van der Waals surface area contributed by atoms with Crippen LogP contribution in [-0.2, 0) is 4.79 Å². The number of hydrogen-bond donors (Lipinski definition) is 1. The number of benzene rings is 2. The Morgan fingerprint density at radius 2 is 1.64 bits per heavy atom. The summed E-state index contributed by atoms with van der Waals surface area (Å²) < 4.78 is 0. The van der Waals surface area contributed by atoms with Gasteiger partial charge in [-0.25, -0.2) is 0 Å². The molecule has 4 nitrogen and oxygen atoms in total.